The van der Waals surface area contributed by atoms with Gasteiger partial charge in [0.1, 0.15) is 5.75 Å². The molecular weight excluding hydrogens is 270 g/mol. The lowest BCUT2D eigenvalue weighted by molar-refractivity contribution is -0.139. The normalized spacial score (nSPS) is 11.1. The number of hydrogen-bond acceptors (Lipinski definition) is 5. The number of carbonyl (C=O) groups is 1. The van der Waals surface area contributed by atoms with Gasteiger partial charge in [-0.3, -0.25) is 9.52 Å². The van der Waals surface area contributed by atoms with Gasteiger partial charge < -0.3 is 9.84 Å². The highest BCUT2D eigenvalue weighted by molar-refractivity contribution is 7.93. The Morgan fingerprint density at radius 1 is 1.37 bits per heavy atom. The minimum absolute atomic E-state index is 0.0589. The van der Waals surface area contributed by atoms with Gasteiger partial charge in [0.15, 0.2) is 5.75 Å². The molecule has 0 amide bonds. The summed E-state index contributed by atoms with van der Waals surface area (Å²) >= 11 is 0. The van der Waals surface area contributed by atoms with Crippen LogP contribution in [0.4, 0.5) is 5.69 Å². The zero-order chi connectivity index (χ0) is 14.5. The van der Waals surface area contributed by atoms with Crippen molar-refractivity contribution in [3.63, 3.8) is 0 Å². The van der Waals surface area contributed by atoms with E-state index in [-0.39, 0.29) is 18.0 Å². The first-order chi connectivity index (χ1) is 8.88. The number of ether oxygens (including phenoxy) is 1. The highest BCUT2D eigenvalue weighted by Gasteiger charge is 2.18. The molecule has 19 heavy (non-hydrogen) atoms. The third-order valence-electron chi connectivity index (χ3n) is 2.35. The number of aryl methyl sites for hydroxylation is 1. The molecule has 0 heterocycles. The molecule has 0 bridgehead atoms. The number of hydrogen-bond donors (Lipinski definition) is 2. The summed E-state index contributed by atoms with van der Waals surface area (Å²) in [4.78, 5) is 11.2. The molecule has 1 rings (SSSR count). The largest absolute Gasteiger partial charge is 0.506 e. The third kappa shape index (κ3) is 4.78. The van der Waals surface area contributed by atoms with E-state index in [1.807, 2.05) is 6.92 Å². The van der Waals surface area contributed by atoms with Crippen LogP contribution in [0.2, 0.25) is 0 Å². The van der Waals surface area contributed by atoms with Gasteiger partial charge in [0, 0.05) is 0 Å². The molecule has 7 heteroatoms. The van der Waals surface area contributed by atoms with Crippen molar-refractivity contribution in [3.05, 3.63) is 23.8 Å². The van der Waals surface area contributed by atoms with E-state index < -0.39 is 21.7 Å². The molecule has 0 aromatic heterocycles. The summed E-state index contributed by atoms with van der Waals surface area (Å²) in [7, 11) is -3.89. The van der Waals surface area contributed by atoms with Crippen LogP contribution in [0.5, 0.6) is 5.75 Å². The number of esters is 1. The SMILES string of the molecule is CCOC(=O)CS(=O)(=O)Nc1cc(CC)ccc1O. The average Bonchev–Trinajstić information content (AvgIpc) is 2.31. The molecular formula is C12H17NO5S. The molecule has 6 nitrogen and oxygen atoms in total. The molecule has 0 spiro atoms. The number of aromatic hydroxyl groups is 1. The Bertz CT molecular complexity index is 553. The van der Waals surface area contributed by atoms with Gasteiger partial charge >= 0.3 is 5.97 Å². The topological polar surface area (TPSA) is 92.7 Å². The summed E-state index contributed by atoms with van der Waals surface area (Å²) in [5, 5.41) is 9.59. The lowest BCUT2D eigenvalue weighted by Crippen LogP contribution is -2.24. The first-order valence-corrected chi connectivity index (χ1v) is 7.51. The summed E-state index contributed by atoms with van der Waals surface area (Å²) in [5.74, 6) is -1.80. The standard InChI is InChI=1S/C12H17NO5S/c1-3-9-5-6-11(14)10(7-9)13-19(16,17)8-12(15)18-4-2/h5-7,13-14H,3-4,8H2,1-2H3. The molecule has 0 saturated carbocycles. The first kappa shape index (κ1) is 15.3. The summed E-state index contributed by atoms with van der Waals surface area (Å²) < 4.78 is 30.2. The maximum absolute atomic E-state index is 11.7. The van der Waals surface area contributed by atoms with E-state index in [2.05, 4.69) is 9.46 Å². The van der Waals surface area contributed by atoms with Crippen molar-refractivity contribution in [3.8, 4) is 5.75 Å². The lowest BCUT2D eigenvalue weighted by atomic mass is 10.1. The van der Waals surface area contributed by atoms with E-state index in [1.165, 1.54) is 12.1 Å². The van der Waals surface area contributed by atoms with Crippen molar-refractivity contribution in [1.82, 2.24) is 0 Å². The molecule has 2 N–H and O–H groups in total. The van der Waals surface area contributed by atoms with Gasteiger partial charge in [0.2, 0.25) is 10.0 Å². The number of rotatable bonds is 6. The fraction of sp³-hybridized carbons (Fsp3) is 0.417. The number of anilines is 1. The molecule has 0 unspecified atom stereocenters. The number of phenolic OH excluding ortho intramolecular Hbond substituents is 1. The minimum atomic E-state index is -3.89. The van der Waals surface area contributed by atoms with Crippen LogP contribution in [0.1, 0.15) is 19.4 Å². The Kier molecular flexibility index (Phi) is 5.17. The van der Waals surface area contributed by atoms with Gasteiger partial charge in [0.05, 0.1) is 12.3 Å². The Hall–Kier alpha value is -1.76. The van der Waals surface area contributed by atoms with Gasteiger partial charge in [-0.15, -0.1) is 0 Å². The molecule has 0 radical (unpaired) electrons. The molecule has 0 aliphatic heterocycles. The van der Waals surface area contributed by atoms with Crippen LogP contribution in [-0.2, 0) is 26.0 Å². The minimum Gasteiger partial charge on any atom is -0.506 e. The van der Waals surface area contributed by atoms with E-state index in [9.17, 15) is 18.3 Å². The van der Waals surface area contributed by atoms with Crippen molar-refractivity contribution in [2.45, 2.75) is 20.3 Å². The first-order valence-electron chi connectivity index (χ1n) is 5.86. The summed E-state index contributed by atoms with van der Waals surface area (Å²) in [6.07, 6.45) is 0.701. The summed E-state index contributed by atoms with van der Waals surface area (Å²) in [6, 6.07) is 4.62. The maximum Gasteiger partial charge on any atom is 0.323 e. The highest BCUT2D eigenvalue weighted by atomic mass is 32.2. The lowest BCUT2D eigenvalue weighted by Gasteiger charge is -2.10. The van der Waals surface area contributed by atoms with Crippen LogP contribution in [0.3, 0.4) is 0 Å². The number of phenols is 1. The number of benzene rings is 1. The van der Waals surface area contributed by atoms with Crippen molar-refractivity contribution in [1.29, 1.82) is 0 Å². The van der Waals surface area contributed by atoms with Crippen LogP contribution in [0.25, 0.3) is 0 Å². The monoisotopic (exact) mass is 287 g/mol. The Morgan fingerprint density at radius 2 is 2.05 bits per heavy atom. The van der Waals surface area contributed by atoms with E-state index in [1.54, 1.807) is 13.0 Å². The van der Waals surface area contributed by atoms with E-state index >= 15 is 0 Å². The van der Waals surface area contributed by atoms with Gasteiger partial charge in [-0.1, -0.05) is 13.0 Å². The highest BCUT2D eigenvalue weighted by Crippen LogP contribution is 2.25. The van der Waals surface area contributed by atoms with Gasteiger partial charge in [-0.25, -0.2) is 8.42 Å². The molecule has 0 aliphatic rings. The number of sulfonamides is 1. The third-order valence-corrected chi connectivity index (χ3v) is 3.49. The van der Waals surface area contributed by atoms with E-state index in [0.717, 1.165) is 5.56 Å². The fourth-order valence-electron chi connectivity index (χ4n) is 1.45. The zero-order valence-corrected chi connectivity index (χ0v) is 11.7. The molecule has 0 aliphatic carbocycles. The summed E-state index contributed by atoms with van der Waals surface area (Å²) in [6.45, 7) is 3.61. The van der Waals surface area contributed by atoms with Crippen LogP contribution in [-0.4, -0.2) is 31.9 Å². The van der Waals surface area contributed by atoms with Crippen molar-refractivity contribution < 1.29 is 23.1 Å². The molecule has 1 aromatic carbocycles. The van der Waals surface area contributed by atoms with Crippen LogP contribution < -0.4 is 4.72 Å². The number of carbonyl (C=O) groups excluding carboxylic acids is 1. The molecule has 106 valence electrons. The second kappa shape index (κ2) is 6.42. The predicted molar refractivity (Wildman–Crippen MR) is 71.5 cm³/mol. The predicted octanol–water partition coefficient (Wildman–Crippen LogP) is 1.26. The van der Waals surface area contributed by atoms with Crippen molar-refractivity contribution >= 4 is 21.7 Å². The molecule has 0 saturated heterocycles. The quantitative estimate of drug-likeness (QED) is 0.607. The fourth-order valence-corrected chi connectivity index (χ4v) is 2.41. The maximum atomic E-state index is 11.7. The Balaban J connectivity index is 2.86. The molecule has 0 atom stereocenters. The van der Waals surface area contributed by atoms with Crippen LogP contribution in [0, 0.1) is 0 Å². The second-order valence-corrected chi connectivity index (χ2v) is 5.59. The molecule has 0 fully saturated rings. The second-order valence-electron chi connectivity index (χ2n) is 3.87. The van der Waals surface area contributed by atoms with Gasteiger partial charge in [0.25, 0.3) is 0 Å². The van der Waals surface area contributed by atoms with E-state index in [4.69, 9.17) is 0 Å². The zero-order valence-electron chi connectivity index (χ0n) is 10.8. The smallest absolute Gasteiger partial charge is 0.323 e. The van der Waals surface area contributed by atoms with Crippen molar-refractivity contribution in [2.75, 3.05) is 17.1 Å². The Morgan fingerprint density at radius 3 is 2.63 bits per heavy atom. The van der Waals surface area contributed by atoms with Crippen LogP contribution in [0.15, 0.2) is 18.2 Å². The molecule has 1 aromatic rings. The van der Waals surface area contributed by atoms with Crippen LogP contribution >= 0.6 is 0 Å². The Labute approximate surface area is 112 Å². The van der Waals surface area contributed by atoms with Gasteiger partial charge in [-0.2, -0.15) is 0 Å². The average molecular weight is 287 g/mol. The summed E-state index contributed by atoms with van der Waals surface area (Å²) in [5.41, 5.74) is 0.926. The van der Waals surface area contributed by atoms with Crippen molar-refractivity contribution in [2.24, 2.45) is 0 Å². The van der Waals surface area contributed by atoms with Gasteiger partial charge in [-0.05, 0) is 31.0 Å². The van der Waals surface area contributed by atoms with E-state index in [0.29, 0.717) is 6.42 Å². The number of nitrogens with one attached hydrogen (secondary N) is 1.